The highest BCUT2D eigenvalue weighted by Crippen LogP contribution is 2.14. The van der Waals surface area contributed by atoms with Crippen molar-refractivity contribution in [3.63, 3.8) is 0 Å². The van der Waals surface area contributed by atoms with E-state index in [1.54, 1.807) is 0 Å². The molecule has 0 aromatic heterocycles. The predicted octanol–water partition coefficient (Wildman–Crippen LogP) is 2.92. The van der Waals surface area contributed by atoms with Crippen LogP contribution in [0.3, 0.4) is 0 Å². The molecule has 0 saturated heterocycles. The third-order valence-corrected chi connectivity index (χ3v) is 2.94. The molecule has 0 heterocycles. The lowest BCUT2D eigenvalue weighted by Gasteiger charge is -2.28. The second-order valence-electron chi connectivity index (χ2n) is 6.54. The molecule has 0 aliphatic rings. The molecule has 2 N–H and O–H groups in total. The molecular weight excluding hydrogens is 220 g/mol. The third-order valence-electron chi connectivity index (χ3n) is 2.94. The van der Waals surface area contributed by atoms with Gasteiger partial charge in [-0.15, -0.1) is 0 Å². The van der Waals surface area contributed by atoms with Crippen LogP contribution in [0, 0.1) is 5.41 Å². The van der Waals surface area contributed by atoms with Crippen LogP contribution in [0.5, 0.6) is 0 Å². The molecule has 0 saturated carbocycles. The van der Waals surface area contributed by atoms with Gasteiger partial charge < -0.3 is 10.6 Å². The van der Waals surface area contributed by atoms with Crippen molar-refractivity contribution in [3.8, 4) is 0 Å². The quantitative estimate of drug-likeness (QED) is 0.838. The van der Waals surface area contributed by atoms with Gasteiger partial charge >= 0.3 is 0 Å². The first-order valence-electron chi connectivity index (χ1n) is 6.85. The molecule has 0 aliphatic heterocycles. The summed E-state index contributed by atoms with van der Waals surface area (Å²) >= 11 is 0. The number of hydrogen-bond acceptors (Lipinski definition) is 2. The Morgan fingerprint density at radius 1 is 1.17 bits per heavy atom. The Morgan fingerprint density at radius 2 is 1.78 bits per heavy atom. The molecule has 18 heavy (non-hydrogen) atoms. The van der Waals surface area contributed by atoms with Gasteiger partial charge in [-0.05, 0) is 30.9 Å². The lowest BCUT2D eigenvalue weighted by Crippen LogP contribution is -2.39. The van der Waals surface area contributed by atoms with E-state index in [0.29, 0.717) is 5.41 Å². The molecule has 0 fully saturated rings. The molecule has 1 rings (SSSR count). The second kappa shape index (κ2) is 6.91. The summed E-state index contributed by atoms with van der Waals surface area (Å²) in [5.74, 6) is 0. The lowest BCUT2D eigenvalue weighted by molar-refractivity contribution is 0.214. The molecule has 1 aromatic carbocycles. The first-order valence-corrected chi connectivity index (χ1v) is 6.85. The van der Waals surface area contributed by atoms with Crippen molar-refractivity contribution in [2.24, 2.45) is 11.1 Å². The van der Waals surface area contributed by atoms with E-state index in [4.69, 9.17) is 5.73 Å². The topological polar surface area (TPSA) is 29.3 Å². The van der Waals surface area contributed by atoms with Crippen molar-refractivity contribution in [1.82, 2.24) is 4.90 Å². The fourth-order valence-corrected chi connectivity index (χ4v) is 2.36. The van der Waals surface area contributed by atoms with E-state index in [1.165, 1.54) is 5.56 Å². The molecule has 102 valence electrons. The highest BCUT2D eigenvalue weighted by molar-refractivity contribution is 5.14. The fraction of sp³-hybridized carbons (Fsp3) is 0.625. The van der Waals surface area contributed by atoms with Crippen LogP contribution in [0.15, 0.2) is 30.3 Å². The van der Waals surface area contributed by atoms with E-state index in [-0.39, 0.29) is 6.04 Å². The lowest BCUT2D eigenvalue weighted by atomic mass is 9.96. The average molecular weight is 248 g/mol. The highest BCUT2D eigenvalue weighted by Gasteiger charge is 2.15. The molecule has 2 nitrogen and oxygen atoms in total. The van der Waals surface area contributed by atoms with Gasteiger partial charge in [-0.25, -0.2) is 0 Å². The monoisotopic (exact) mass is 248 g/mol. The van der Waals surface area contributed by atoms with Crippen molar-refractivity contribution < 1.29 is 0 Å². The summed E-state index contributed by atoms with van der Waals surface area (Å²) in [7, 11) is 2.16. The van der Waals surface area contributed by atoms with Crippen LogP contribution in [-0.2, 0) is 6.42 Å². The summed E-state index contributed by atoms with van der Waals surface area (Å²) < 4.78 is 0. The standard InChI is InChI=1S/C16H28N2/c1-16(2,3)13-18(4)12-15(17)11-10-14-8-6-5-7-9-14/h5-9,15H,10-13,17H2,1-4H3. The summed E-state index contributed by atoms with van der Waals surface area (Å²) in [6.07, 6.45) is 2.13. The smallest absolute Gasteiger partial charge is 0.0170 e. The Bertz CT molecular complexity index is 327. The molecule has 1 atom stereocenters. The summed E-state index contributed by atoms with van der Waals surface area (Å²) in [6.45, 7) is 8.85. The van der Waals surface area contributed by atoms with Crippen LogP contribution in [-0.4, -0.2) is 31.1 Å². The number of aryl methyl sites for hydroxylation is 1. The molecule has 1 unspecified atom stereocenters. The Morgan fingerprint density at radius 3 is 2.33 bits per heavy atom. The van der Waals surface area contributed by atoms with Crippen LogP contribution >= 0.6 is 0 Å². The van der Waals surface area contributed by atoms with Crippen LogP contribution < -0.4 is 5.73 Å². The van der Waals surface area contributed by atoms with Gasteiger partial charge in [-0.3, -0.25) is 0 Å². The zero-order valence-corrected chi connectivity index (χ0v) is 12.3. The van der Waals surface area contributed by atoms with Gasteiger partial charge in [0.05, 0.1) is 0 Å². The van der Waals surface area contributed by atoms with Gasteiger partial charge in [0.2, 0.25) is 0 Å². The molecule has 0 aliphatic carbocycles. The van der Waals surface area contributed by atoms with Gasteiger partial charge in [-0.2, -0.15) is 0 Å². The van der Waals surface area contributed by atoms with E-state index in [2.05, 4.69) is 63.1 Å². The number of benzene rings is 1. The van der Waals surface area contributed by atoms with Crippen molar-refractivity contribution in [1.29, 1.82) is 0 Å². The van der Waals surface area contributed by atoms with Crippen LogP contribution in [0.4, 0.5) is 0 Å². The molecule has 0 spiro atoms. The summed E-state index contributed by atoms with van der Waals surface area (Å²) in [5.41, 5.74) is 7.92. The Balaban J connectivity index is 2.27. The predicted molar refractivity (Wildman–Crippen MR) is 79.7 cm³/mol. The van der Waals surface area contributed by atoms with E-state index < -0.39 is 0 Å². The van der Waals surface area contributed by atoms with Crippen molar-refractivity contribution in [3.05, 3.63) is 35.9 Å². The van der Waals surface area contributed by atoms with Crippen LogP contribution in [0.25, 0.3) is 0 Å². The fourth-order valence-electron chi connectivity index (χ4n) is 2.36. The zero-order valence-electron chi connectivity index (χ0n) is 12.3. The molecule has 1 aromatic rings. The number of nitrogens with zero attached hydrogens (tertiary/aromatic N) is 1. The van der Waals surface area contributed by atoms with E-state index >= 15 is 0 Å². The van der Waals surface area contributed by atoms with Crippen LogP contribution in [0.1, 0.15) is 32.8 Å². The summed E-state index contributed by atoms with van der Waals surface area (Å²) in [4.78, 5) is 2.34. The SMILES string of the molecule is CN(CC(N)CCc1ccccc1)CC(C)(C)C. The van der Waals surface area contributed by atoms with Gasteiger partial charge in [-0.1, -0.05) is 51.1 Å². The minimum atomic E-state index is 0.262. The van der Waals surface area contributed by atoms with Gasteiger partial charge in [0.25, 0.3) is 0 Å². The van der Waals surface area contributed by atoms with Crippen molar-refractivity contribution in [2.75, 3.05) is 20.1 Å². The number of nitrogens with two attached hydrogens (primary N) is 1. The van der Waals surface area contributed by atoms with Gasteiger partial charge in [0, 0.05) is 19.1 Å². The van der Waals surface area contributed by atoms with Gasteiger partial charge in [0.15, 0.2) is 0 Å². The maximum Gasteiger partial charge on any atom is 0.0170 e. The average Bonchev–Trinajstić information content (AvgIpc) is 2.25. The maximum atomic E-state index is 6.20. The zero-order chi connectivity index (χ0) is 13.6. The van der Waals surface area contributed by atoms with Crippen LogP contribution in [0.2, 0.25) is 0 Å². The minimum Gasteiger partial charge on any atom is -0.327 e. The largest absolute Gasteiger partial charge is 0.327 e. The van der Waals surface area contributed by atoms with E-state index in [1.807, 2.05) is 0 Å². The summed E-state index contributed by atoms with van der Waals surface area (Å²) in [6, 6.07) is 10.8. The minimum absolute atomic E-state index is 0.262. The van der Waals surface area contributed by atoms with E-state index in [0.717, 1.165) is 25.9 Å². The molecule has 0 radical (unpaired) electrons. The van der Waals surface area contributed by atoms with Gasteiger partial charge in [0.1, 0.15) is 0 Å². The van der Waals surface area contributed by atoms with E-state index in [9.17, 15) is 0 Å². The first-order chi connectivity index (χ1) is 8.37. The summed E-state index contributed by atoms with van der Waals surface area (Å²) in [5, 5.41) is 0. The number of likely N-dealkylation sites (N-methyl/N-ethyl adjacent to an activating group) is 1. The second-order valence-corrected chi connectivity index (χ2v) is 6.54. The molecular formula is C16H28N2. The highest BCUT2D eigenvalue weighted by atomic mass is 15.1. The first kappa shape index (κ1) is 15.2. The molecule has 0 bridgehead atoms. The molecule has 0 amide bonds. The Labute approximate surface area is 112 Å². The molecule has 2 heteroatoms. The number of rotatable bonds is 6. The maximum absolute atomic E-state index is 6.20. The Hall–Kier alpha value is -0.860. The normalized spacial score (nSPS) is 13.9. The third kappa shape index (κ3) is 6.77. The Kier molecular flexibility index (Phi) is 5.83. The van der Waals surface area contributed by atoms with Crippen molar-refractivity contribution >= 4 is 0 Å². The van der Waals surface area contributed by atoms with Crippen molar-refractivity contribution in [2.45, 2.75) is 39.7 Å². The number of hydrogen-bond donors (Lipinski definition) is 1.